The lowest BCUT2D eigenvalue weighted by Gasteiger charge is -2.38. The number of imidazole rings is 1. The molecule has 2 heterocycles. The van der Waals surface area contributed by atoms with Crippen LogP contribution in [0.3, 0.4) is 0 Å². The maximum Gasteiger partial charge on any atom is 0.407 e. The van der Waals surface area contributed by atoms with Crippen LogP contribution in [0.5, 0.6) is 0 Å². The molecule has 2 atom stereocenters. The van der Waals surface area contributed by atoms with Gasteiger partial charge in [0.25, 0.3) is 5.91 Å². The molecule has 0 unspecified atom stereocenters. The monoisotopic (exact) mass is 371 g/mol. The normalized spacial score (nSPS) is 20.5. The third kappa shape index (κ3) is 5.09. The van der Waals surface area contributed by atoms with Crippen LogP contribution in [0.1, 0.15) is 49.4 Å². The van der Waals surface area contributed by atoms with Gasteiger partial charge in [-0.2, -0.15) is 0 Å². The number of piperidine rings is 1. The van der Waals surface area contributed by atoms with Gasteiger partial charge in [0.05, 0.1) is 5.69 Å². The van der Waals surface area contributed by atoms with Gasteiger partial charge < -0.3 is 25.6 Å². The molecule has 8 nitrogen and oxygen atoms in total. The second-order valence-electron chi connectivity index (χ2n) is 6.22. The van der Waals surface area contributed by atoms with Crippen LogP contribution in [0.15, 0.2) is 0 Å². The molecule has 1 fully saturated rings. The first kappa shape index (κ1) is 19.5. The summed E-state index contributed by atoms with van der Waals surface area (Å²) < 4.78 is 0. The number of likely N-dealkylation sites (tertiary alicyclic amines) is 1. The molecule has 0 aliphatic carbocycles. The number of aromatic amines is 1. The molecule has 1 saturated heterocycles. The molecule has 1 aromatic rings. The second-order valence-corrected chi connectivity index (χ2v) is 6.58. The molecule has 0 saturated carbocycles. The second kappa shape index (κ2) is 9.05. The molecule has 0 radical (unpaired) electrons. The molecule has 2 rings (SSSR count). The quantitative estimate of drug-likeness (QED) is 0.547. The molecule has 9 heteroatoms. The summed E-state index contributed by atoms with van der Waals surface area (Å²) in [5.41, 5.74) is 0.727. The van der Waals surface area contributed by atoms with Gasteiger partial charge in [-0.1, -0.05) is 31.9 Å². The van der Waals surface area contributed by atoms with E-state index in [1.807, 2.05) is 6.92 Å². The number of carbonyl (C=O) groups excluding carboxylic acids is 1. The average Bonchev–Trinajstić information content (AvgIpc) is 2.97. The van der Waals surface area contributed by atoms with Crippen LogP contribution in [0, 0.1) is 0 Å². The zero-order chi connectivity index (χ0) is 18.4. The number of aromatic nitrogens is 2. The highest BCUT2D eigenvalue weighted by molar-refractivity contribution is 6.30. The summed E-state index contributed by atoms with van der Waals surface area (Å²) in [6.07, 6.45) is 2.33. The van der Waals surface area contributed by atoms with Crippen LogP contribution in [0.4, 0.5) is 4.79 Å². The van der Waals surface area contributed by atoms with Crippen molar-refractivity contribution in [3.05, 3.63) is 16.7 Å². The zero-order valence-corrected chi connectivity index (χ0v) is 15.4. The number of hydrogen-bond donors (Lipinski definition) is 4. The Labute approximate surface area is 152 Å². The molecule has 4 N–H and O–H groups in total. The van der Waals surface area contributed by atoms with E-state index in [9.17, 15) is 14.7 Å². The van der Waals surface area contributed by atoms with Crippen LogP contribution < -0.4 is 10.6 Å². The highest BCUT2D eigenvalue weighted by atomic mass is 35.5. The minimum atomic E-state index is -0.933. The van der Waals surface area contributed by atoms with Crippen LogP contribution in [0.2, 0.25) is 5.15 Å². The summed E-state index contributed by atoms with van der Waals surface area (Å²) in [4.78, 5) is 32.1. The number of amides is 2. The van der Waals surface area contributed by atoms with Gasteiger partial charge in [0.15, 0.2) is 11.0 Å². The third-order valence-electron chi connectivity index (χ3n) is 4.43. The fourth-order valence-corrected chi connectivity index (χ4v) is 3.20. The lowest BCUT2D eigenvalue weighted by atomic mass is 9.99. The number of unbranched alkanes of at least 4 members (excludes halogenated alkanes) is 1. The number of nitrogens with one attached hydrogen (secondary N) is 3. The van der Waals surface area contributed by atoms with Gasteiger partial charge in [-0.15, -0.1) is 0 Å². The first-order valence-corrected chi connectivity index (χ1v) is 9.10. The Hall–Kier alpha value is -1.80. The molecular weight excluding hydrogens is 346 g/mol. The third-order valence-corrected chi connectivity index (χ3v) is 4.75. The number of halogens is 1. The Balaban J connectivity index is 2.03. The van der Waals surface area contributed by atoms with Crippen LogP contribution >= 0.6 is 11.6 Å². The van der Waals surface area contributed by atoms with Crippen molar-refractivity contribution < 1.29 is 14.7 Å². The molecule has 1 aromatic heterocycles. The maximum atomic E-state index is 12.5. The van der Waals surface area contributed by atoms with Crippen molar-refractivity contribution in [2.24, 2.45) is 0 Å². The number of carbonyl (C=O) groups is 2. The smallest absolute Gasteiger partial charge is 0.407 e. The van der Waals surface area contributed by atoms with Gasteiger partial charge in [0.1, 0.15) is 0 Å². The predicted octanol–water partition coefficient (Wildman–Crippen LogP) is 1.87. The SMILES string of the molecule is CCCCN[C@H]1CN(C(=O)O)CC[C@@H]1NC(=O)c1nc(Cl)c(CC)[nH]1. The highest BCUT2D eigenvalue weighted by Gasteiger charge is 2.32. The topological polar surface area (TPSA) is 110 Å². The van der Waals surface area contributed by atoms with Crippen molar-refractivity contribution in [1.82, 2.24) is 25.5 Å². The summed E-state index contributed by atoms with van der Waals surface area (Å²) in [5, 5.41) is 15.9. The number of carboxylic acid groups (broad SMARTS) is 1. The van der Waals surface area contributed by atoms with E-state index in [0.29, 0.717) is 31.1 Å². The van der Waals surface area contributed by atoms with Gasteiger partial charge in [-0.3, -0.25) is 4.79 Å². The highest BCUT2D eigenvalue weighted by Crippen LogP contribution is 2.15. The molecular formula is C16H26ClN5O3. The van der Waals surface area contributed by atoms with Gasteiger partial charge in [-0.05, 0) is 25.8 Å². The Morgan fingerprint density at radius 3 is 2.76 bits per heavy atom. The van der Waals surface area contributed by atoms with E-state index in [1.165, 1.54) is 4.90 Å². The predicted molar refractivity (Wildman–Crippen MR) is 95.1 cm³/mol. The standard InChI is InChI=1S/C16H26ClN5O3/c1-3-5-7-18-12-9-22(16(24)25)8-6-11(12)20-15(23)14-19-10(4-2)13(17)21-14/h11-12,18H,3-9H2,1-2H3,(H,19,21)(H,20,23)(H,24,25)/t11-,12-/m0/s1. The van der Waals surface area contributed by atoms with E-state index in [-0.39, 0.29) is 23.8 Å². The molecule has 2 amide bonds. The van der Waals surface area contributed by atoms with E-state index in [2.05, 4.69) is 27.5 Å². The van der Waals surface area contributed by atoms with Crippen molar-refractivity contribution in [3.8, 4) is 0 Å². The van der Waals surface area contributed by atoms with Crippen molar-refractivity contribution in [1.29, 1.82) is 0 Å². The van der Waals surface area contributed by atoms with Crippen LogP contribution in [-0.4, -0.2) is 63.7 Å². The van der Waals surface area contributed by atoms with Crippen LogP contribution in [0.25, 0.3) is 0 Å². The minimum absolute atomic E-state index is 0.128. The fraction of sp³-hybridized carbons (Fsp3) is 0.688. The van der Waals surface area contributed by atoms with Gasteiger partial charge in [0, 0.05) is 25.2 Å². The maximum absolute atomic E-state index is 12.5. The zero-order valence-electron chi connectivity index (χ0n) is 14.6. The summed E-state index contributed by atoms with van der Waals surface area (Å²) in [5.74, 6) is -0.132. The molecule has 1 aliphatic heterocycles. The Kier molecular flexibility index (Phi) is 7.07. The summed E-state index contributed by atoms with van der Waals surface area (Å²) in [6.45, 7) is 5.55. The largest absolute Gasteiger partial charge is 0.465 e. The molecule has 0 spiro atoms. The Morgan fingerprint density at radius 1 is 1.40 bits per heavy atom. The van der Waals surface area contributed by atoms with Crippen molar-refractivity contribution in [3.63, 3.8) is 0 Å². The lowest BCUT2D eigenvalue weighted by molar-refractivity contribution is 0.0862. The lowest BCUT2D eigenvalue weighted by Crippen LogP contribution is -2.60. The fourth-order valence-electron chi connectivity index (χ4n) is 2.94. The Bertz CT molecular complexity index is 607. The van der Waals surface area contributed by atoms with Gasteiger partial charge in [-0.25, -0.2) is 9.78 Å². The first-order chi connectivity index (χ1) is 12.0. The number of aryl methyl sites for hydroxylation is 1. The summed E-state index contributed by atoms with van der Waals surface area (Å²) in [6, 6.07) is -0.287. The molecule has 1 aliphatic rings. The Morgan fingerprint density at radius 2 is 2.16 bits per heavy atom. The van der Waals surface area contributed by atoms with Crippen molar-refractivity contribution in [2.45, 2.75) is 51.6 Å². The minimum Gasteiger partial charge on any atom is -0.465 e. The van der Waals surface area contributed by atoms with Crippen molar-refractivity contribution in [2.75, 3.05) is 19.6 Å². The van der Waals surface area contributed by atoms with Gasteiger partial charge >= 0.3 is 6.09 Å². The first-order valence-electron chi connectivity index (χ1n) is 8.72. The summed E-state index contributed by atoms with van der Waals surface area (Å²) >= 11 is 5.99. The summed E-state index contributed by atoms with van der Waals surface area (Å²) in [7, 11) is 0. The number of nitrogens with zero attached hydrogens (tertiary/aromatic N) is 2. The molecule has 140 valence electrons. The number of H-pyrrole nitrogens is 1. The van der Waals surface area contributed by atoms with Crippen LogP contribution in [-0.2, 0) is 6.42 Å². The molecule has 0 aromatic carbocycles. The van der Waals surface area contributed by atoms with Crippen molar-refractivity contribution >= 4 is 23.6 Å². The van der Waals surface area contributed by atoms with E-state index in [1.54, 1.807) is 0 Å². The van der Waals surface area contributed by atoms with E-state index in [4.69, 9.17) is 11.6 Å². The number of hydrogen-bond acceptors (Lipinski definition) is 4. The van der Waals surface area contributed by atoms with E-state index in [0.717, 1.165) is 25.1 Å². The van der Waals surface area contributed by atoms with E-state index < -0.39 is 6.09 Å². The molecule has 25 heavy (non-hydrogen) atoms. The van der Waals surface area contributed by atoms with E-state index >= 15 is 0 Å². The van der Waals surface area contributed by atoms with Gasteiger partial charge in [0.2, 0.25) is 0 Å². The average molecular weight is 372 g/mol. The molecule has 0 bridgehead atoms. The number of rotatable bonds is 7.